The fourth-order valence-electron chi connectivity index (χ4n) is 3.43. The van der Waals surface area contributed by atoms with Crippen molar-refractivity contribution in [1.82, 2.24) is 10.3 Å². The number of hydrogen-bond acceptors (Lipinski definition) is 2. The second kappa shape index (κ2) is 7.91. The minimum Gasteiger partial charge on any atom is -0.345 e. The van der Waals surface area contributed by atoms with Crippen LogP contribution in [0.15, 0.2) is 54.9 Å². The van der Waals surface area contributed by atoms with E-state index in [9.17, 15) is 4.79 Å². The van der Waals surface area contributed by atoms with E-state index in [1.165, 1.54) is 32.1 Å². The van der Waals surface area contributed by atoms with Crippen LogP contribution < -0.4 is 5.32 Å². The highest BCUT2D eigenvalue weighted by atomic mass is 16.1. The third-order valence-corrected chi connectivity index (χ3v) is 4.68. The van der Waals surface area contributed by atoms with Crippen LogP contribution in [0, 0.1) is 5.92 Å². The van der Waals surface area contributed by atoms with Gasteiger partial charge in [0.15, 0.2) is 0 Å². The summed E-state index contributed by atoms with van der Waals surface area (Å²) in [6.07, 6.45) is 10.4. The summed E-state index contributed by atoms with van der Waals surface area (Å²) in [5, 5.41) is 3.23. The van der Waals surface area contributed by atoms with Crippen LogP contribution >= 0.6 is 0 Å². The van der Waals surface area contributed by atoms with Crippen molar-refractivity contribution in [2.24, 2.45) is 5.92 Å². The van der Waals surface area contributed by atoms with Crippen LogP contribution in [0.25, 0.3) is 0 Å². The molecule has 1 fully saturated rings. The van der Waals surface area contributed by atoms with Crippen LogP contribution in [0.3, 0.4) is 0 Å². The van der Waals surface area contributed by atoms with Crippen molar-refractivity contribution in [3.05, 3.63) is 66.0 Å². The second-order valence-corrected chi connectivity index (χ2v) is 6.40. The van der Waals surface area contributed by atoms with E-state index in [1.807, 2.05) is 30.3 Å². The molecule has 3 nitrogen and oxygen atoms in total. The third kappa shape index (κ3) is 4.41. The van der Waals surface area contributed by atoms with E-state index in [0.29, 0.717) is 12.3 Å². The zero-order valence-corrected chi connectivity index (χ0v) is 13.4. The van der Waals surface area contributed by atoms with E-state index < -0.39 is 0 Å². The molecule has 0 radical (unpaired) electrons. The van der Waals surface area contributed by atoms with Gasteiger partial charge in [-0.25, -0.2) is 0 Å². The maximum atomic E-state index is 12.5. The molecule has 3 rings (SSSR count). The Bertz CT molecular complexity index is 567. The highest BCUT2D eigenvalue weighted by Gasteiger charge is 2.21. The SMILES string of the molecule is O=C(CC1CCCCC1)NC(c1ccccc1)c1ccncc1. The van der Waals surface area contributed by atoms with Crippen LogP contribution in [-0.2, 0) is 4.79 Å². The number of pyridine rings is 1. The zero-order valence-electron chi connectivity index (χ0n) is 13.4. The van der Waals surface area contributed by atoms with Gasteiger partial charge in [0, 0.05) is 18.8 Å². The maximum absolute atomic E-state index is 12.5. The van der Waals surface area contributed by atoms with E-state index >= 15 is 0 Å². The number of carbonyl (C=O) groups is 1. The molecule has 120 valence electrons. The molecule has 1 saturated carbocycles. The molecule has 0 bridgehead atoms. The molecular formula is C20H24N2O. The lowest BCUT2D eigenvalue weighted by atomic mass is 9.86. The highest BCUT2D eigenvalue weighted by Crippen LogP contribution is 2.27. The summed E-state index contributed by atoms with van der Waals surface area (Å²) in [6, 6.07) is 14.0. The third-order valence-electron chi connectivity index (χ3n) is 4.68. The van der Waals surface area contributed by atoms with Crippen LogP contribution in [0.4, 0.5) is 0 Å². The highest BCUT2D eigenvalue weighted by molar-refractivity contribution is 5.77. The van der Waals surface area contributed by atoms with Crippen molar-refractivity contribution in [2.45, 2.75) is 44.6 Å². The molecule has 23 heavy (non-hydrogen) atoms. The summed E-state index contributed by atoms with van der Waals surface area (Å²) < 4.78 is 0. The molecule has 3 heteroatoms. The summed E-state index contributed by atoms with van der Waals surface area (Å²) in [4.78, 5) is 16.6. The molecule has 1 aliphatic carbocycles. The van der Waals surface area contributed by atoms with Crippen molar-refractivity contribution in [3.8, 4) is 0 Å². The summed E-state index contributed by atoms with van der Waals surface area (Å²) in [5.41, 5.74) is 2.18. The Morgan fingerprint density at radius 2 is 1.65 bits per heavy atom. The summed E-state index contributed by atoms with van der Waals surface area (Å²) >= 11 is 0. The zero-order chi connectivity index (χ0) is 15.9. The van der Waals surface area contributed by atoms with Crippen molar-refractivity contribution >= 4 is 5.91 Å². The fourth-order valence-corrected chi connectivity index (χ4v) is 3.43. The van der Waals surface area contributed by atoms with Crippen LogP contribution in [0.5, 0.6) is 0 Å². The Morgan fingerprint density at radius 3 is 2.35 bits per heavy atom. The molecule has 0 spiro atoms. The number of amides is 1. The van der Waals surface area contributed by atoms with Gasteiger partial charge in [0.25, 0.3) is 0 Å². The number of rotatable bonds is 5. The Balaban J connectivity index is 1.72. The van der Waals surface area contributed by atoms with Gasteiger partial charge in [-0.3, -0.25) is 9.78 Å². The molecule has 0 saturated heterocycles. The average Bonchev–Trinajstić information content (AvgIpc) is 2.62. The van der Waals surface area contributed by atoms with Gasteiger partial charge in [-0.05, 0) is 42.0 Å². The first-order valence-electron chi connectivity index (χ1n) is 8.57. The second-order valence-electron chi connectivity index (χ2n) is 6.40. The standard InChI is InChI=1S/C20H24N2O/c23-19(15-16-7-3-1-4-8-16)22-20(17-9-5-2-6-10-17)18-11-13-21-14-12-18/h2,5-6,9-14,16,20H,1,3-4,7-8,15H2,(H,22,23). The number of aromatic nitrogens is 1. The van der Waals surface area contributed by atoms with Crippen LogP contribution in [0.2, 0.25) is 0 Å². The number of hydrogen-bond donors (Lipinski definition) is 1. The molecule has 1 aliphatic rings. The number of nitrogens with one attached hydrogen (secondary N) is 1. The van der Waals surface area contributed by atoms with Gasteiger partial charge in [-0.1, -0.05) is 49.6 Å². The molecule has 1 N–H and O–H groups in total. The average molecular weight is 308 g/mol. The minimum absolute atomic E-state index is 0.102. The molecule has 2 aromatic rings. The molecule has 1 unspecified atom stereocenters. The molecular weight excluding hydrogens is 284 g/mol. The molecule has 1 aromatic heterocycles. The lowest BCUT2D eigenvalue weighted by Crippen LogP contribution is -2.31. The van der Waals surface area contributed by atoms with Crippen LogP contribution in [0.1, 0.15) is 55.7 Å². The van der Waals surface area contributed by atoms with Gasteiger partial charge in [-0.15, -0.1) is 0 Å². The molecule has 1 atom stereocenters. The van der Waals surface area contributed by atoms with E-state index in [-0.39, 0.29) is 11.9 Å². The molecule has 0 aliphatic heterocycles. The Morgan fingerprint density at radius 1 is 1.00 bits per heavy atom. The van der Waals surface area contributed by atoms with Gasteiger partial charge in [-0.2, -0.15) is 0 Å². The lowest BCUT2D eigenvalue weighted by molar-refractivity contribution is -0.122. The number of nitrogens with zero attached hydrogens (tertiary/aromatic N) is 1. The molecule has 1 aromatic carbocycles. The first kappa shape index (κ1) is 15.7. The quantitative estimate of drug-likeness (QED) is 0.897. The van der Waals surface area contributed by atoms with E-state index in [1.54, 1.807) is 12.4 Å². The Hall–Kier alpha value is -2.16. The van der Waals surface area contributed by atoms with E-state index in [4.69, 9.17) is 0 Å². The first-order chi connectivity index (χ1) is 11.3. The lowest BCUT2D eigenvalue weighted by Gasteiger charge is -2.24. The fraction of sp³-hybridized carbons (Fsp3) is 0.400. The smallest absolute Gasteiger partial charge is 0.221 e. The monoisotopic (exact) mass is 308 g/mol. The van der Waals surface area contributed by atoms with Crippen molar-refractivity contribution in [1.29, 1.82) is 0 Å². The minimum atomic E-state index is -0.102. The predicted octanol–water partition coefficient (Wildman–Crippen LogP) is 4.26. The first-order valence-corrected chi connectivity index (χ1v) is 8.57. The summed E-state index contributed by atoms with van der Waals surface area (Å²) in [5.74, 6) is 0.708. The largest absolute Gasteiger partial charge is 0.345 e. The van der Waals surface area contributed by atoms with Gasteiger partial charge < -0.3 is 5.32 Å². The van der Waals surface area contributed by atoms with E-state index in [0.717, 1.165) is 11.1 Å². The molecule has 1 amide bonds. The van der Waals surface area contributed by atoms with E-state index in [2.05, 4.69) is 22.4 Å². The predicted molar refractivity (Wildman–Crippen MR) is 91.9 cm³/mol. The van der Waals surface area contributed by atoms with Gasteiger partial charge in [0.05, 0.1) is 6.04 Å². The van der Waals surface area contributed by atoms with Gasteiger partial charge >= 0.3 is 0 Å². The number of carbonyl (C=O) groups excluding carboxylic acids is 1. The van der Waals surface area contributed by atoms with Crippen molar-refractivity contribution < 1.29 is 4.79 Å². The Kier molecular flexibility index (Phi) is 5.41. The molecule has 1 heterocycles. The Labute approximate surface area is 138 Å². The maximum Gasteiger partial charge on any atom is 0.221 e. The van der Waals surface area contributed by atoms with Crippen molar-refractivity contribution in [3.63, 3.8) is 0 Å². The van der Waals surface area contributed by atoms with Gasteiger partial charge in [0.2, 0.25) is 5.91 Å². The number of benzene rings is 1. The van der Waals surface area contributed by atoms with Crippen LogP contribution in [-0.4, -0.2) is 10.9 Å². The van der Waals surface area contributed by atoms with Gasteiger partial charge in [0.1, 0.15) is 0 Å². The summed E-state index contributed by atoms with van der Waals surface area (Å²) in [6.45, 7) is 0. The summed E-state index contributed by atoms with van der Waals surface area (Å²) in [7, 11) is 0. The topological polar surface area (TPSA) is 42.0 Å². The normalized spacial score (nSPS) is 16.7. The van der Waals surface area contributed by atoms with Crippen molar-refractivity contribution in [2.75, 3.05) is 0 Å².